The Morgan fingerprint density at radius 3 is 2.10 bits per heavy atom. The summed E-state index contributed by atoms with van der Waals surface area (Å²) in [6, 6.07) is 16.5. The summed E-state index contributed by atoms with van der Waals surface area (Å²) < 4.78 is 5.65. The predicted octanol–water partition coefficient (Wildman–Crippen LogP) is 4.14. The van der Waals surface area contributed by atoms with Crippen LogP contribution in [0.15, 0.2) is 48.5 Å². The van der Waals surface area contributed by atoms with Crippen LogP contribution in [-0.2, 0) is 9.53 Å². The van der Waals surface area contributed by atoms with Gasteiger partial charge in [0.25, 0.3) is 0 Å². The molecule has 0 aromatic heterocycles. The number of benzene rings is 2. The monoisotopic (exact) mass is 298 g/mol. The highest BCUT2D eigenvalue weighted by atomic mass is 35.5. The van der Waals surface area contributed by atoms with Gasteiger partial charge in [0.1, 0.15) is 6.10 Å². The fourth-order valence-corrected chi connectivity index (χ4v) is 4.42. The molecule has 0 N–H and O–H groups in total. The minimum atomic E-state index is -0.291. The van der Waals surface area contributed by atoms with Gasteiger partial charge < -0.3 is 4.74 Å². The number of rotatable bonds is 1. The Morgan fingerprint density at radius 2 is 1.48 bits per heavy atom. The normalized spacial score (nSPS) is 28.7. The molecule has 0 fully saturated rings. The number of alkyl halides is 1. The number of halogens is 1. The second-order valence-electron chi connectivity index (χ2n) is 5.74. The molecule has 0 saturated heterocycles. The first-order valence-corrected chi connectivity index (χ1v) is 7.61. The van der Waals surface area contributed by atoms with Crippen molar-refractivity contribution in [1.82, 2.24) is 0 Å². The molecule has 2 nitrogen and oxygen atoms in total. The van der Waals surface area contributed by atoms with E-state index in [4.69, 9.17) is 16.3 Å². The van der Waals surface area contributed by atoms with Crippen LogP contribution in [0, 0.1) is 0 Å². The molecule has 3 heteroatoms. The largest absolute Gasteiger partial charge is 0.457 e. The van der Waals surface area contributed by atoms with Gasteiger partial charge in [0.05, 0.1) is 5.38 Å². The Hall–Kier alpha value is -1.80. The molecule has 21 heavy (non-hydrogen) atoms. The molecule has 0 heterocycles. The second kappa shape index (κ2) is 4.60. The van der Waals surface area contributed by atoms with Crippen molar-refractivity contribution >= 4 is 17.6 Å². The van der Waals surface area contributed by atoms with Crippen LogP contribution in [0.4, 0.5) is 0 Å². The van der Waals surface area contributed by atoms with Gasteiger partial charge in [0.15, 0.2) is 0 Å². The van der Waals surface area contributed by atoms with Crippen molar-refractivity contribution in [1.29, 1.82) is 0 Å². The smallest absolute Gasteiger partial charge is 0.303 e. The summed E-state index contributed by atoms with van der Waals surface area (Å²) >= 11 is 6.76. The molecule has 2 bridgehead atoms. The first-order valence-electron chi connectivity index (χ1n) is 7.17. The van der Waals surface area contributed by atoms with Gasteiger partial charge in [-0.25, -0.2) is 0 Å². The Balaban J connectivity index is 1.97. The molecule has 0 saturated carbocycles. The summed E-state index contributed by atoms with van der Waals surface area (Å²) in [5, 5.41) is -0.0679. The first-order chi connectivity index (χ1) is 10.2. The van der Waals surface area contributed by atoms with E-state index >= 15 is 0 Å². The highest BCUT2D eigenvalue weighted by Gasteiger charge is 2.50. The maximum Gasteiger partial charge on any atom is 0.303 e. The van der Waals surface area contributed by atoms with Crippen LogP contribution in [0.1, 0.15) is 47.1 Å². The van der Waals surface area contributed by atoms with Gasteiger partial charge in [-0.05, 0) is 22.3 Å². The van der Waals surface area contributed by atoms with E-state index in [2.05, 4.69) is 24.3 Å². The molecular formula is C18H15ClO2. The van der Waals surface area contributed by atoms with Crippen molar-refractivity contribution in [3.8, 4) is 0 Å². The van der Waals surface area contributed by atoms with Gasteiger partial charge in [0.2, 0.25) is 0 Å². The van der Waals surface area contributed by atoms with Crippen LogP contribution >= 0.6 is 11.6 Å². The van der Waals surface area contributed by atoms with Gasteiger partial charge in [-0.3, -0.25) is 4.79 Å². The van der Waals surface area contributed by atoms with Crippen molar-refractivity contribution in [3.05, 3.63) is 70.8 Å². The third-order valence-corrected chi connectivity index (χ3v) is 5.13. The number of hydrogen-bond donors (Lipinski definition) is 0. The fourth-order valence-electron chi connectivity index (χ4n) is 3.88. The first kappa shape index (κ1) is 12.9. The lowest BCUT2D eigenvalue weighted by atomic mass is 9.78. The molecule has 4 rings (SSSR count). The van der Waals surface area contributed by atoms with Gasteiger partial charge in [-0.2, -0.15) is 0 Å². The third-order valence-electron chi connectivity index (χ3n) is 4.61. The lowest BCUT2D eigenvalue weighted by Gasteiger charge is -2.35. The van der Waals surface area contributed by atoms with Gasteiger partial charge in [-0.1, -0.05) is 48.5 Å². The fraction of sp³-hybridized carbons (Fsp3) is 0.278. The number of fused-ring (bicyclic) bond motifs is 7. The van der Waals surface area contributed by atoms with E-state index in [1.165, 1.54) is 23.6 Å². The predicted molar refractivity (Wildman–Crippen MR) is 81.6 cm³/mol. The van der Waals surface area contributed by atoms with E-state index in [9.17, 15) is 4.79 Å². The quantitative estimate of drug-likeness (QED) is 0.584. The zero-order valence-electron chi connectivity index (χ0n) is 11.6. The summed E-state index contributed by atoms with van der Waals surface area (Å²) in [6.07, 6.45) is -0.291. The number of esters is 1. The highest BCUT2D eigenvalue weighted by molar-refractivity contribution is 6.22. The molecule has 0 radical (unpaired) electrons. The molecule has 0 spiro atoms. The van der Waals surface area contributed by atoms with Gasteiger partial charge >= 0.3 is 5.97 Å². The van der Waals surface area contributed by atoms with Crippen LogP contribution in [-0.4, -0.2) is 11.3 Å². The number of carbonyl (C=O) groups is 1. The number of carbonyl (C=O) groups excluding carboxylic acids is 1. The molecule has 106 valence electrons. The number of hydrogen-bond acceptors (Lipinski definition) is 2. The highest BCUT2D eigenvalue weighted by Crippen LogP contribution is 2.59. The van der Waals surface area contributed by atoms with E-state index < -0.39 is 0 Å². The van der Waals surface area contributed by atoms with Crippen molar-refractivity contribution in [2.75, 3.05) is 0 Å². The van der Waals surface area contributed by atoms with Crippen LogP contribution in [0.2, 0.25) is 0 Å². The average Bonchev–Trinajstić information content (AvgIpc) is 2.69. The van der Waals surface area contributed by atoms with E-state index in [1.54, 1.807) is 0 Å². The Bertz CT molecular complexity index is 725. The minimum Gasteiger partial charge on any atom is -0.457 e. The topological polar surface area (TPSA) is 26.3 Å². The molecular weight excluding hydrogens is 284 g/mol. The number of ether oxygens (including phenoxy) is 1. The van der Waals surface area contributed by atoms with Crippen molar-refractivity contribution in [2.24, 2.45) is 0 Å². The summed E-state index contributed by atoms with van der Waals surface area (Å²) in [5.74, 6) is -0.0379. The molecule has 2 aromatic carbocycles. The lowest BCUT2D eigenvalue weighted by Crippen LogP contribution is -2.29. The molecule has 2 aliphatic carbocycles. The van der Waals surface area contributed by atoms with E-state index in [-0.39, 0.29) is 29.3 Å². The standard InChI is InChI=1S/C18H15ClO2/c1-10(20)21-18-14-9-5-4-8-13(14)15-11-6-2-3-7-12(11)16(18)17(15)19/h2-9,15-18H,1H3/t15-,16+,17+,18-/m0/s1. The van der Waals surface area contributed by atoms with E-state index in [0.29, 0.717) is 0 Å². The van der Waals surface area contributed by atoms with Crippen LogP contribution in [0.3, 0.4) is 0 Å². The van der Waals surface area contributed by atoms with E-state index in [1.807, 2.05) is 24.3 Å². The second-order valence-corrected chi connectivity index (χ2v) is 6.24. The summed E-state index contributed by atoms with van der Waals surface area (Å²) in [7, 11) is 0. The maximum absolute atomic E-state index is 11.6. The summed E-state index contributed by atoms with van der Waals surface area (Å²) in [4.78, 5) is 11.6. The molecule has 0 unspecified atom stereocenters. The third kappa shape index (κ3) is 1.75. The zero-order valence-corrected chi connectivity index (χ0v) is 12.4. The van der Waals surface area contributed by atoms with Crippen molar-refractivity contribution < 1.29 is 9.53 Å². The Morgan fingerprint density at radius 1 is 0.952 bits per heavy atom. The molecule has 2 aromatic rings. The van der Waals surface area contributed by atoms with Gasteiger partial charge in [0, 0.05) is 18.8 Å². The van der Waals surface area contributed by atoms with E-state index in [0.717, 1.165) is 5.56 Å². The lowest BCUT2D eigenvalue weighted by molar-refractivity contribution is -0.148. The summed E-state index contributed by atoms with van der Waals surface area (Å²) in [5.41, 5.74) is 4.76. The summed E-state index contributed by atoms with van der Waals surface area (Å²) in [6.45, 7) is 1.46. The Kier molecular flexibility index (Phi) is 2.83. The van der Waals surface area contributed by atoms with Crippen molar-refractivity contribution in [2.45, 2.75) is 30.2 Å². The van der Waals surface area contributed by atoms with Crippen LogP contribution in [0.25, 0.3) is 0 Å². The SMILES string of the molecule is CC(=O)O[C@H]1c2ccccc2[C@@H]2c3ccccc3[C@@H]1[C@@H]2Cl. The zero-order chi connectivity index (χ0) is 14.6. The molecule has 0 aliphatic heterocycles. The van der Waals surface area contributed by atoms with Crippen LogP contribution < -0.4 is 0 Å². The molecule has 2 aliphatic rings. The van der Waals surface area contributed by atoms with Crippen LogP contribution in [0.5, 0.6) is 0 Å². The average molecular weight is 299 g/mol. The Labute approximate surface area is 128 Å². The van der Waals surface area contributed by atoms with Crippen molar-refractivity contribution in [3.63, 3.8) is 0 Å². The maximum atomic E-state index is 11.6. The molecule has 4 atom stereocenters. The van der Waals surface area contributed by atoms with Gasteiger partial charge in [-0.15, -0.1) is 11.6 Å². The minimum absolute atomic E-state index is 0.0340. The molecule has 0 amide bonds.